The Balaban J connectivity index is 2.58. The van der Waals surface area contributed by atoms with E-state index < -0.39 is 0 Å². The smallest absolute Gasteiger partial charge is 0.237 e. The SMILES string of the molecule is CNCC(=O)N(C[C]=O)C1CCCCCC1. The van der Waals surface area contributed by atoms with Crippen LogP contribution in [0.15, 0.2) is 0 Å². The number of rotatable bonds is 5. The molecule has 0 spiro atoms. The van der Waals surface area contributed by atoms with Crippen molar-refractivity contribution in [3.63, 3.8) is 0 Å². The van der Waals surface area contributed by atoms with Gasteiger partial charge < -0.3 is 10.2 Å². The standard InChI is InChI=1S/C12H21N2O2/c1-13-10-12(16)14(8-9-15)11-6-4-2-3-5-7-11/h11,13H,2-8,10H2,1H3. The third-order valence-corrected chi connectivity index (χ3v) is 3.15. The van der Waals surface area contributed by atoms with Crippen molar-refractivity contribution in [2.24, 2.45) is 0 Å². The van der Waals surface area contributed by atoms with E-state index in [4.69, 9.17) is 0 Å². The van der Waals surface area contributed by atoms with Crippen LogP contribution in [0, 0.1) is 0 Å². The van der Waals surface area contributed by atoms with Crippen LogP contribution in [0.2, 0.25) is 0 Å². The first kappa shape index (κ1) is 13.2. The van der Waals surface area contributed by atoms with Crippen LogP contribution in [-0.4, -0.2) is 43.3 Å². The average Bonchev–Trinajstić information content (AvgIpc) is 2.54. The molecule has 0 saturated heterocycles. The van der Waals surface area contributed by atoms with E-state index >= 15 is 0 Å². The van der Waals surface area contributed by atoms with Crippen molar-refractivity contribution in [1.29, 1.82) is 0 Å². The summed E-state index contributed by atoms with van der Waals surface area (Å²) < 4.78 is 0. The first-order chi connectivity index (χ1) is 7.79. The van der Waals surface area contributed by atoms with Crippen molar-refractivity contribution in [3.8, 4) is 0 Å². The molecule has 1 aliphatic rings. The Morgan fingerprint density at radius 1 is 1.31 bits per heavy atom. The van der Waals surface area contributed by atoms with Gasteiger partial charge in [-0.25, -0.2) is 0 Å². The molecule has 1 N–H and O–H groups in total. The third kappa shape index (κ3) is 3.93. The number of amides is 1. The molecule has 4 heteroatoms. The van der Waals surface area contributed by atoms with Gasteiger partial charge in [-0.05, 0) is 19.9 Å². The van der Waals surface area contributed by atoms with Gasteiger partial charge in [-0.3, -0.25) is 9.59 Å². The molecular weight excluding hydrogens is 204 g/mol. The van der Waals surface area contributed by atoms with Crippen LogP contribution in [0.25, 0.3) is 0 Å². The maximum absolute atomic E-state index is 11.8. The van der Waals surface area contributed by atoms with Gasteiger partial charge in [0, 0.05) is 6.04 Å². The minimum absolute atomic E-state index is 0.0118. The minimum Gasteiger partial charge on any atom is -0.331 e. The van der Waals surface area contributed by atoms with Gasteiger partial charge in [0.2, 0.25) is 12.2 Å². The lowest BCUT2D eigenvalue weighted by Gasteiger charge is -2.29. The lowest BCUT2D eigenvalue weighted by Crippen LogP contribution is -2.44. The number of hydrogen-bond donors (Lipinski definition) is 1. The molecule has 0 bridgehead atoms. The summed E-state index contributed by atoms with van der Waals surface area (Å²) in [5, 5.41) is 2.84. The molecule has 1 rings (SSSR count). The minimum atomic E-state index is 0.0118. The number of carbonyl (C=O) groups is 1. The number of carbonyl (C=O) groups excluding carboxylic acids is 2. The lowest BCUT2D eigenvalue weighted by atomic mass is 10.1. The molecule has 1 aliphatic carbocycles. The Labute approximate surface area is 97.4 Å². The highest BCUT2D eigenvalue weighted by Crippen LogP contribution is 2.21. The molecule has 1 fully saturated rings. The maximum Gasteiger partial charge on any atom is 0.237 e. The zero-order chi connectivity index (χ0) is 11.8. The molecule has 0 heterocycles. The molecule has 0 aliphatic heterocycles. The van der Waals surface area contributed by atoms with E-state index in [1.54, 1.807) is 11.9 Å². The summed E-state index contributed by atoms with van der Waals surface area (Å²) in [5.41, 5.74) is 0. The van der Waals surface area contributed by atoms with E-state index in [0.29, 0.717) is 6.54 Å². The molecule has 0 unspecified atom stereocenters. The summed E-state index contributed by atoms with van der Waals surface area (Å²) >= 11 is 0. The van der Waals surface area contributed by atoms with Crippen molar-refractivity contribution in [3.05, 3.63) is 0 Å². The van der Waals surface area contributed by atoms with Crippen LogP contribution in [0.3, 0.4) is 0 Å². The summed E-state index contributed by atoms with van der Waals surface area (Å²) in [7, 11) is 1.74. The fraction of sp³-hybridized carbons (Fsp3) is 0.833. The summed E-state index contributed by atoms with van der Waals surface area (Å²) in [4.78, 5) is 24.0. The van der Waals surface area contributed by atoms with Crippen molar-refractivity contribution in [2.75, 3.05) is 20.1 Å². The van der Waals surface area contributed by atoms with E-state index in [1.807, 2.05) is 6.29 Å². The Hall–Kier alpha value is -0.900. The van der Waals surface area contributed by atoms with Crippen LogP contribution in [0.1, 0.15) is 38.5 Å². The molecular formula is C12H21N2O2. The van der Waals surface area contributed by atoms with E-state index in [1.165, 1.54) is 12.8 Å². The largest absolute Gasteiger partial charge is 0.331 e. The van der Waals surface area contributed by atoms with Gasteiger partial charge in [0.15, 0.2) is 0 Å². The van der Waals surface area contributed by atoms with E-state index in [0.717, 1.165) is 25.7 Å². The van der Waals surface area contributed by atoms with Crippen LogP contribution in [0.5, 0.6) is 0 Å². The highest BCUT2D eigenvalue weighted by Gasteiger charge is 2.23. The van der Waals surface area contributed by atoms with Crippen LogP contribution in [0.4, 0.5) is 0 Å². The molecule has 1 saturated carbocycles. The second-order valence-electron chi connectivity index (χ2n) is 4.34. The third-order valence-electron chi connectivity index (χ3n) is 3.15. The summed E-state index contributed by atoms with van der Waals surface area (Å²) in [6.07, 6.45) is 8.71. The highest BCUT2D eigenvalue weighted by atomic mass is 16.2. The number of nitrogens with zero attached hydrogens (tertiary/aromatic N) is 1. The first-order valence-corrected chi connectivity index (χ1v) is 6.08. The number of nitrogens with one attached hydrogen (secondary N) is 1. The van der Waals surface area contributed by atoms with Crippen molar-refractivity contribution >= 4 is 12.2 Å². The molecule has 0 aromatic rings. The Morgan fingerprint density at radius 2 is 1.94 bits per heavy atom. The monoisotopic (exact) mass is 225 g/mol. The molecule has 0 aromatic carbocycles. The van der Waals surface area contributed by atoms with Gasteiger partial charge in [-0.2, -0.15) is 0 Å². The topological polar surface area (TPSA) is 49.4 Å². The highest BCUT2D eigenvalue weighted by molar-refractivity contribution is 5.80. The van der Waals surface area contributed by atoms with Gasteiger partial charge in [0.05, 0.1) is 13.1 Å². The molecule has 1 amide bonds. The van der Waals surface area contributed by atoms with Gasteiger partial charge in [0.1, 0.15) is 0 Å². The first-order valence-electron chi connectivity index (χ1n) is 6.08. The zero-order valence-corrected chi connectivity index (χ0v) is 10.00. The number of likely N-dealkylation sites (N-methyl/N-ethyl adjacent to an activating group) is 1. The predicted molar refractivity (Wildman–Crippen MR) is 62.8 cm³/mol. The molecule has 91 valence electrons. The summed E-state index contributed by atoms with van der Waals surface area (Å²) in [5.74, 6) is 0.0118. The van der Waals surface area contributed by atoms with E-state index in [9.17, 15) is 9.59 Å². The van der Waals surface area contributed by atoms with Crippen molar-refractivity contribution in [1.82, 2.24) is 10.2 Å². The zero-order valence-electron chi connectivity index (χ0n) is 10.00. The molecule has 4 nitrogen and oxygen atoms in total. The normalized spacial score (nSPS) is 17.8. The Kier molecular flexibility index (Phi) is 6.08. The van der Waals surface area contributed by atoms with Crippen molar-refractivity contribution < 1.29 is 9.59 Å². The lowest BCUT2D eigenvalue weighted by molar-refractivity contribution is -0.131. The predicted octanol–water partition coefficient (Wildman–Crippen LogP) is 0.867. The quantitative estimate of drug-likeness (QED) is 0.706. The van der Waals surface area contributed by atoms with E-state index in [-0.39, 0.29) is 18.5 Å². The van der Waals surface area contributed by atoms with Crippen LogP contribution in [-0.2, 0) is 9.59 Å². The van der Waals surface area contributed by atoms with Crippen molar-refractivity contribution in [2.45, 2.75) is 44.6 Å². The van der Waals surface area contributed by atoms with Crippen LogP contribution >= 0.6 is 0 Å². The second kappa shape index (κ2) is 7.39. The fourth-order valence-corrected chi connectivity index (χ4v) is 2.31. The second-order valence-corrected chi connectivity index (χ2v) is 4.34. The molecule has 0 aromatic heterocycles. The van der Waals surface area contributed by atoms with E-state index in [2.05, 4.69) is 5.32 Å². The van der Waals surface area contributed by atoms with Gasteiger partial charge in [-0.15, -0.1) is 0 Å². The number of hydrogen-bond acceptors (Lipinski definition) is 3. The fourth-order valence-electron chi connectivity index (χ4n) is 2.31. The van der Waals surface area contributed by atoms with Gasteiger partial charge in [0.25, 0.3) is 0 Å². The molecule has 16 heavy (non-hydrogen) atoms. The Morgan fingerprint density at radius 3 is 2.44 bits per heavy atom. The summed E-state index contributed by atoms with van der Waals surface area (Å²) in [6, 6.07) is 0.241. The molecule has 0 atom stereocenters. The maximum atomic E-state index is 11.8. The summed E-state index contributed by atoms with van der Waals surface area (Å²) in [6.45, 7) is 0.420. The van der Waals surface area contributed by atoms with Gasteiger partial charge >= 0.3 is 0 Å². The Bertz CT molecular complexity index is 223. The van der Waals surface area contributed by atoms with Gasteiger partial charge in [-0.1, -0.05) is 25.7 Å². The molecule has 1 radical (unpaired) electrons. The van der Waals surface area contributed by atoms with Crippen LogP contribution < -0.4 is 5.32 Å². The average molecular weight is 225 g/mol.